The molecule has 0 radical (unpaired) electrons. The molecule has 0 spiro atoms. The molecule has 0 amide bonds. The fraction of sp³-hybridized carbons (Fsp3) is 0.227. The summed E-state index contributed by atoms with van der Waals surface area (Å²) in [6.45, 7) is 2.23. The number of carbonyl (C=O) groups excluding carboxylic acids is 1. The number of rotatable bonds is 5. The Balaban J connectivity index is 1.68. The highest BCUT2D eigenvalue weighted by Crippen LogP contribution is 2.24. The summed E-state index contributed by atoms with van der Waals surface area (Å²) in [5, 5.41) is 1.47. The number of methoxy groups -OCH3 is 2. The Morgan fingerprint density at radius 2 is 2.00 bits per heavy atom. The molecule has 0 aliphatic carbocycles. The van der Waals surface area contributed by atoms with E-state index in [1.807, 2.05) is 24.4 Å². The van der Waals surface area contributed by atoms with Crippen LogP contribution in [0.3, 0.4) is 0 Å². The van der Waals surface area contributed by atoms with Gasteiger partial charge in [-0.3, -0.25) is 9.78 Å². The second-order valence-corrected chi connectivity index (χ2v) is 6.84. The molecule has 3 heterocycles. The molecular formula is C22H21N3O4. The van der Waals surface area contributed by atoms with Crippen LogP contribution in [0.25, 0.3) is 21.8 Å². The molecule has 7 heteroatoms. The number of benzene rings is 1. The number of esters is 1. The van der Waals surface area contributed by atoms with Crippen LogP contribution >= 0.6 is 0 Å². The predicted molar refractivity (Wildman–Crippen MR) is 111 cm³/mol. The van der Waals surface area contributed by atoms with Crippen LogP contribution in [-0.2, 0) is 17.7 Å². The maximum absolute atomic E-state index is 13.0. The average molecular weight is 391 g/mol. The maximum Gasteiger partial charge on any atom is 0.339 e. The number of aryl methyl sites for hydroxylation is 3. The first-order valence-electron chi connectivity index (χ1n) is 9.25. The minimum absolute atomic E-state index is 0.183. The van der Waals surface area contributed by atoms with Crippen molar-refractivity contribution >= 4 is 27.8 Å². The third-order valence-corrected chi connectivity index (χ3v) is 5.15. The van der Waals surface area contributed by atoms with Crippen molar-refractivity contribution in [3.63, 3.8) is 0 Å². The van der Waals surface area contributed by atoms with Crippen LogP contribution in [0.1, 0.15) is 21.6 Å². The van der Waals surface area contributed by atoms with Crippen LogP contribution in [0.15, 0.2) is 47.5 Å². The van der Waals surface area contributed by atoms with Crippen molar-refractivity contribution in [1.82, 2.24) is 14.5 Å². The van der Waals surface area contributed by atoms with Gasteiger partial charge in [0.2, 0.25) is 0 Å². The third-order valence-electron chi connectivity index (χ3n) is 5.15. The van der Waals surface area contributed by atoms with E-state index in [9.17, 15) is 9.59 Å². The van der Waals surface area contributed by atoms with Gasteiger partial charge in [0.15, 0.2) is 0 Å². The van der Waals surface area contributed by atoms with Crippen molar-refractivity contribution in [2.24, 2.45) is 0 Å². The highest BCUT2D eigenvalue weighted by molar-refractivity contribution is 5.94. The van der Waals surface area contributed by atoms with Crippen molar-refractivity contribution < 1.29 is 14.3 Å². The fourth-order valence-electron chi connectivity index (χ4n) is 3.53. The summed E-state index contributed by atoms with van der Waals surface area (Å²) in [5.41, 5.74) is 3.34. The number of nitrogens with one attached hydrogen (secondary N) is 1. The molecule has 0 aliphatic heterocycles. The van der Waals surface area contributed by atoms with Gasteiger partial charge in [-0.05, 0) is 49.2 Å². The number of hydrogen-bond acceptors (Lipinski definition) is 5. The van der Waals surface area contributed by atoms with Gasteiger partial charge in [0.05, 0.1) is 36.4 Å². The third kappa shape index (κ3) is 3.35. The molecular weight excluding hydrogens is 370 g/mol. The minimum Gasteiger partial charge on any atom is -0.497 e. The Labute approximate surface area is 166 Å². The lowest BCUT2D eigenvalue weighted by Gasteiger charge is -2.09. The van der Waals surface area contributed by atoms with Gasteiger partial charge in [-0.1, -0.05) is 0 Å². The predicted octanol–water partition coefficient (Wildman–Crippen LogP) is 3.22. The Hall–Kier alpha value is -3.61. The van der Waals surface area contributed by atoms with Gasteiger partial charge < -0.3 is 19.0 Å². The SMILES string of the molecule is COC(=O)c1cc2c(=O)n(CCc3c[nH]c4ccc(OC)cc34)ccc2nc1C. The van der Waals surface area contributed by atoms with Crippen LogP contribution < -0.4 is 10.3 Å². The Morgan fingerprint density at radius 3 is 2.76 bits per heavy atom. The number of ether oxygens (including phenoxy) is 2. The van der Waals surface area contributed by atoms with Gasteiger partial charge >= 0.3 is 5.97 Å². The standard InChI is InChI=1S/C22H21N3O4/c1-13-16(22(27)29-3)11-18-20(24-13)7-9-25(21(18)26)8-6-14-12-23-19-5-4-15(28-2)10-17(14)19/h4-5,7,9-12,23H,6,8H2,1-3H3. The molecule has 1 aromatic carbocycles. The summed E-state index contributed by atoms with van der Waals surface area (Å²) in [7, 11) is 2.95. The Morgan fingerprint density at radius 1 is 1.17 bits per heavy atom. The average Bonchev–Trinajstić information content (AvgIpc) is 3.14. The summed E-state index contributed by atoms with van der Waals surface area (Å²) in [4.78, 5) is 32.5. The molecule has 3 aromatic heterocycles. The molecule has 148 valence electrons. The number of aromatic amines is 1. The summed E-state index contributed by atoms with van der Waals surface area (Å²) in [5.74, 6) is 0.289. The summed E-state index contributed by atoms with van der Waals surface area (Å²) < 4.78 is 11.7. The van der Waals surface area contributed by atoms with E-state index in [0.717, 1.165) is 22.2 Å². The van der Waals surface area contributed by atoms with Gasteiger partial charge in [0, 0.05) is 29.8 Å². The quantitative estimate of drug-likeness (QED) is 0.528. The van der Waals surface area contributed by atoms with E-state index >= 15 is 0 Å². The first-order valence-corrected chi connectivity index (χ1v) is 9.25. The zero-order chi connectivity index (χ0) is 20.5. The molecule has 0 saturated heterocycles. The smallest absolute Gasteiger partial charge is 0.339 e. The number of H-pyrrole nitrogens is 1. The molecule has 0 atom stereocenters. The van der Waals surface area contributed by atoms with Crippen molar-refractivity contribution in [3.8, 4) is 5.75 Å². The number of fused-ring (bicyclic) bond motifs is 2. The maximum atomic E-state index is 13.0. The van der Waals surface area contributed by atoms with E-state index < -0.39 is 5.97 Å². The summed E-state index contributed by atoms with van der Waals surface area (Å²) in [6.07, 6.45) is 4.36. The summed E-state index contributed by atoms with van der Waals surface area (Å²) in [6, 6.07) is 9.23. The second-order valence-electron chi connectivity index (χ2n) is 6.84. The molecule has 0 unspecified atom stereocenters. The lowest BCUT2D eigenvalue weighted by molar-refractivity contribution is 0.0599. The molecule has 7 nitrogen and oxygen atoms in total. The van der Waals surface area contributed by atoms with Crippen molar-refractivity contribution in [3.05, 3.63) is 69.9 Å². The van der Waals surface area contributed by atoms with Crippen LogP contribution in [0.5, 0.6) is 5.75 Å². The van der Waals surface area contributed by atoms with Crippen molar-refractivity contribution in [2.45, 2.75) is 19.9 Å². The zero-order valence-electron chi connectivity index (χ0n) is 16.5. The van der Waals surface area contributed by atoms with E-state index in [1.54, 1.807) is 36.9 Å². The number of hydrogen-bond donors (Lipinski definition) is 1. The van der Waals surface area contributed by atoms with Gasteiger partial charge in [0.1, 0.15) is 5.75 Å². The minimum atomic E-state index is -0.501. The molecule has 4 aromatic rings. The Kier molecular flexibility index (Phi) is 4.80. The number of aromatic nitrogens is 3. The monoisotopic (exact) mass is 391 g/mol. The fourth-order valence-corrected chi connectivity index (χ4v) is 3.53. The summed E-state index contributed by atoms with van der Waals surface area (Å²) >= 11 is 0. The van der Waals surface area contributed by atoms with Crippen LogP contribution in [0.2, 0.25) is 0 Å². The largest absolute Gasteiger partial charge is 0.497 e. The lowest BCUT2D eigenvalue weighted by atomic mass is 10.1. The van der Waals surface area contributed by atoms with Crippen LogP contribution in [0.4, 0.5) is 0 Å². The van der Waals surface area contributed by atoms with Crippen LogP contribution in [0, 0.1) is 6.92 Å². The van der Waals surface area contributed by atoms with E-state index in [-0.39, 0.29) is 5.56 Å². The number of nitrogens with zero attached hydrogens (tertiary/aromatic N) is 2. The molecule has 1 N–H and O–H groups in total. The lowest BCUT2D eigenvalue weighted by Crippen LogP contribution is -2.21. The molecule has 29 heavy (non-hydrogen) atoms. The molecule has 0 fully saturated rings. The number of pyridine rings is 2. The highest BCUT2D eigenvalue weighted by atomic mass is 16.5. The van der Waals surface area contributed by atoms with Crippen LogP contribution in [-0.4, -0.2) is 34.7 Å². The molecule has 0 aliphatic rings. The van der Waals surface area contributed by atoms with Crippen molar-refractivity contribution in [2.75, 3.05) is 14.2 Å². The zero-order valence-corrected chi connectivity index (χ0v) is 16.5. The van der Waals surface area contributed by atoms with Gasteiger partial charge in [-0.15, -0.1) is 0 Å². The number of carbonyl (C=O) groups is 1. The van der Waals surface area contributed by atoms with E-state index in [0.29, 0.717) is 35.1 Å². The highest BCUT2D eigenvalue weighted by Gasteiger charge is 2.14. The van der Waals surface area contributed by atoms with E-state index in [1.165, 1.54) is 7.11 Å². The molecule has 0 bridgehead atoms. The van der Waals surface area contributed by atoms with Gasteiger partial charge in [-0.25, -0.2) is 4.79 Å². The topological polar surface area (TPSA) is 86.2 Å². The van der Waals surface area contributed by atoms with Gasteiger partial charge in [0.25, 0.3) is 5.56 Å². The van der Waals surface area contributed by atoms with E-state index in [2.05, 4.69) is 9.97 Å². The first-order chi connectivity index (χ1) is 14.0. The van der Waals surface area contributed by atoms with E-state index in [4.69, 9.17) is 9.47 Å². The normalized spacial score (nSPS) is 11.1. The van der Waals surface area contributed by atoms with Gasteiger partial charge in [-0.2, -0.15) is 0 Å². The first kappa shape index (κ1) is 18.7. The Bertz CT molecular complexity index is 1290. The second kappa shape index (κ2) is 7.43. The molecule has 0 saturated carbocycles. The molecule has 4 rings (SSSR count). The van der Waals surface area contributed by atoms with Crippen molar-refractivity contribution in [1.29, 1.82) is 0 Å².